The van der Waals surface area contributed by atoms with Crippen molar-refractivity contribution in [2.75, 3.05) is 26.2 Å². The quantitative estimate of drug-likeness (QED) is 0.747. The minimum atomic E-state index is -0.292. The lowest BCUT2D eigenvalue weighted by molar-refractivity contribution is -0.138. The Morgan fingerprint density at radius 1 is 1.03 bits per heavy atom. The molecule has 0 spiro atoms. The molecule has 1 aliphatic carbocycles. The van der Waals surface area contributed by atoms with Gasteiger partial charge in [-0.25, -0.2) is 9.07 Å². The molecule has 0 atom stereocenters. The maximum Gasteiger partial charge on any atom is 0.246 e. The summed E-state index contributed by atoms with van der Waals surface area (Å²) in [5, 5.41) is 4.53. The van der Waals surface area contributed by atoms with E-state index in [2.05, 4.69) is 5.10 Å². The molecule has 2 aliphatic rings. The summed E-state index contributed by atoms with van der Waals surface area (Å²) < 4.78 is 14.9. The summed E-state index contributed by atoms with van der Waals surface area (Å²) in [5.74, 6) is 0.115. The van der Waals surface area contributed by atoms with E-state index in [1.165, 1.54) is 12.1 Å². The van der Waals surface area contributed by atoms with Crippen LogP contribution in [0.5, 0.6) is 0 Å². The van der Waals surface area contributed by atoms with Crippen LogP contribution in [0, 0.1) is 25.6 Å². The molecular weight excluding hydrogens is 371 g/mol. The van der Waals surface area contributed by atoms with Crippen molar-refractivity contribution in [3.05, 3.63) is 53.1 Å². The standard InChI is InChI=1S/C22H25FN4O2/c1-15-20(16(2)27(24-15)19-7-5-18(23)6-8-19)9-10-21(28)25-11-13-26(14-12-25)22(29)17-3-4-17/h5-10,17H,3-4,11-14H2,1-2H3. The van der Waals surface area contributed by atoms with Gasteiger partial charge in [0.25, 0.3) is 0 Å². The smallest absolute Gasteiger partial charge is 0.246 e. The maximum atomic E-state index is 13.2. The highest BCUT2D eigenvalue weighted by atomic mass is 19.1. The first-order chi connectivity index (χ1) is 13.9. The Hall–Kier alpha value is -2.96. The summed E-state index contributed by atoms with van der Waals surface area (Å²) in [7, 11) is 0. The van der Waals surface area contributed by atoms with Crippen molar-refractivity contribution in [2.24, 2.45) is 5.92 Å². The van der Waals surface area contributed by atoms with Crippen LogP contribution in [0.1, 0.15) is 29.8 Å². The molecule has 6 nitrogen and oxygen atoms in total. The van der Waals surface area contributed by atoms with Gasteiger partial charge in [-0.15, -0.1) is 0 Å². The molecule has 2 amide bonds. The van der Waals surface area contributed by atoms with Crippen LogP contribution in [0.25, 0.3) is 11.8 Å². The fraction of sp³-hybridized carbons (Fsp3) is 0.409. The van der Waals surface area contributed by atoms with E-state index in [4.69, 9.17) is 0 Å². The topological polar surface area (TPSA) is 58.4 Å². The van der Waals surface area contributed by atoms with Gasteiger partial charge in [-0.2, -0.15) is 5.10 Å². The number of amides is 2. The number of hydrogen-bond acceptors (Lipinski definition) is 3. The van der Waals surface area contributed by atoms with E-state index in [0.29, 0.717) is 26.2 Å². The summed E-state index contributed by atoms with van der Waals surface area (Å²) in [4.78, 5) is 28.4. The van der Waals surface area contributed by atoms with Crippen LogP contribution in [0.4, 0.5) is 4.39 Å². The molecule has 0 radical (unpaired) electrons. The van der Waals surface area contributed by atoms with E-state index in [0.717, 1.165) is 35.5 Å². The van der Waals surface area contributed by atoms with Gasteiger partial charge in [-0.3, -0.25) is 9.59 Å². The summed E-state index contributed by atoms with van der Waals surface area (Å²) in [6, 6.07) is 6.16. The van der Waals surface area contributed by atoms with Crippen LogP contribution < -0.4 is 0 Å². The van der Waals surface area contributed by atoms with Gasteiger partial charge in [0.05, 0.1) is 11.4 Å². The van der Waals surface area contributed by atoms with E-state index < -0.39 is 0 Å². The molecule has 152 valence electrons. The minimum Gasteiger partial charge on any atom is -0.339 e. The van der Waals surface area contributed by atoms with E-state index in [1.807, 2.05) is 18.7 Å². The highest BCUT2D eigenvalue weighted by Gasteiger charge is 2.34. The van der Waals surface area contributed by atoms with Crippen molar-refractivity contribution < 1.29 is 14.0 Å². The van der Waals surface area contributed by atoms with Crippen molar-refractivity contribution in [1.82, 2.24) is 19.6 Å². The molecule has 0 bridgehead atoms. The molecule has 0 N–H and O–H groups in total. The maximum absolute atomic E-state index is 13.2. The number of aryl methyl sites for hydroxylation is 1. The molecule has 0 unspecified atom stereocenters. The predicted octanol–water partition coefficient (Wildman–Crippen LogP) is 2.72. The summed E-state index contributed by atoms with van der Waals surface area (Å²) in [6.45, 7) is 6.16. The van der Waals surface area contributed by atoms with Crippen LogP contribution in [-0.2, 0) is 9.59 Å². The van der Waals surface area contributed by atoms with Crippen molar-refractivity contribution in [2.45, 2.75) is 26.7 Å². The number of rotatable bonds is 4. The molecule has 1 aliphatic heterocycles. The first kappa shape index (κ1) is 19.4. The largest absolute Gasteiger partial charge is 0.339 e. The lowest BCUT2D eigenvalue weighted by atomic mass is 10.1. The average Bonchev–Trinajstić information content (AvgIpc) is 3.53. The molecule has 29 heavy (non-hydrogen) atoms. The van der Waals surface area contributed by atoms with E-state index in [1.54, 1.807) is 33.9 Å². The molecule has 1 aromatic heterocycles. The third kappa shape index (κ3) is 4.09. The first-order valence-corrected chi connectivity index (χ1v) is 10.0. The number of piperazine rings is 1. The monoisotopic (exact) mass is 396 g/mol. The van der Waals surface area contributed by atoms with Gasteiger partial charge >= 0.3 is 0 Å². The normalized spacial score (nSPS) is 17.2. The molecule has 2 heterocycles. The lowest BCUT2D eigenvalue weighted by Crippen LogP contribution is -2.50. The second-order valence-electron chi connectivity index (χ2n) is 7.73. The lowest BCUT2D eigenvalue weighted by Gasteiger charge is -2.34. The van der Waals surface area contributed by atoms with Gasteiger partial charge in [0.15, 0.2) is 0 Å². The number of benzene rings is 1. The number of nitrogens with zero attached hydrogens (tertiary/aromatic N) is 4. The second kappa shape index (κ2) is 7.81. The Morgan fingerprint density at radius 3 is 2.28 bits per heavy atom. The van der Waals surface area contributed by atoms with Crippen molar-refractivity contribution in [3.8, 4) is 5.69 Å². The number of aromatic nitrogens is 2. The first-order valence-electron chi connectivity index (χ1n) is 10.0. The highest BCUT2D eigenvalue weighted by molar-refractivity contribution is 5.92. The molecule has 1 saturated carbocycles. The van der Waals surface area contributed by atoms with Crippen LogP contribution in [-0.4, -0.2) is 57.6 Å². The number of carbonyl (C=O) groups excluding carboxylic acids is 2. The van der Waals surface area contributed by atoms with Gasteiger partial charge in [-0.1, -0.05) is 0 Å². The van der Waals surface area contributed by atoms with Crippen molar-refractivity contribution in [1.29, 1.82) is 0 Å². The molecule has 1 aromatic carbocycles. The zero-order chi connectivity index (χ0) is 20.5. The molecule has 2 fully saturated rings. The zero-order valence-electron chi connectivity index (χ0n) is 16.8. The third-order valence-electron chi connectivity index (χ3n) is 5.64. The second-order valence-corrected chi connectivity index (χ2v) is 7.73. The minimum absolute atomic E-state index is 0.0585. The number of hydrogen-bond donors (Lipinski definition) is 0. The molecule has 4 rings (SSSR count). The van der Waals surface area contributed by atoms with Crippen LogP contribution in [0.15, 0.2) is 30.3 Å². The number of carbonyl (C=O) groups is 2. The third-order valence-corrected chi connectivity index (χ3v) is 5.64. The van der Waals surface area contributed by atoms with Gasteiger partial charge in [-0.05, 0) is 57.0 Å². The van der Waals surface area contributed by atoms with Gasteiger partial charge < -0.3 is 9.80 Å². The summed E-state index contributed by atoms with van der Waals surface area (Å²) in [6.07, 6.45) is 5.38. The fourth-order valence-corrected chi connectivity index (χ4v) is 3.73. The van der Waals surface area contributed by atoms with Crippen LogP contribution in [0.3, 0.4) is 0 Å². The Balaban J connectivity index is 1.42. The number of halogens is 1. The highest BCUT2D eigenvalue weighted by Crippen LogP contribution is 2.31. The summed E-state index contributed by atoms with van der Waals surface area (Å²) in [5.41, 5.74) is 3.34. The van der Waals surface area contributed by atoms with Gasteiger partial charge in [0, 0.05) is 49.4 Å². The molecular formula is C22H25FN4O2. The van der Waals surface area contributed by atoms with E-state index in [-0.39, 0.29) is 23.5 Å². The summed E-state index contributed by atoms with van der Waals surface area (Å²) >= 11 is 0. The predicted molar refractivity (Wildman–Crippen MR) is 108 cm³/mol. The van der Waals surface area contributed by atoms with E-state index >= 15 is 0 Å². The Bertz CT molecular complexity index is 952. The average molecular weight is 396 g/mol. The van der Waals surface area contributed by atoms with Crippen LogP contribution in [0.2, 0.25) is 0 Å². The molecule has 1 saturated heterocycles. The molecule has 2 aromatic rings. The Kier molecular flexibility index (Phi) is 5.22. The van der Waals surface area contributed by atoms with E-state index in [9.17, 15) is 14.0 Å². The van der Waals surface area contributed by atoms with Crippen molar-refractivity contribution >= 4 is 17.9 Å². The SMILES string of the molecule is Cc1nn(-c2ccc(F)cc2)c(C)c1C=CC(=O)N1CCN(C(=O)C2CC2)CC1. The van der Waals surface area contributed by atoms with Gasteiger partial charge in [0.2, 0.25) is 11.8 Å². The van der Waals surface area contributed by atoms with Crippen LogP contribution >= 0.6 is 0 Å². The van der Waals surface area contributed by atoms with Crippen molar-refractivity contribution in [3.63, 3.8) is 0 Å². The fourth-order valence-electron chi connectivity index (χ4n) is 3.73. The molecule has 7 heteroatoms. The Morgan fingerprint density at radius 2 is 1.66 bits per heavy atom. The Labute approximate surface area is 169 Å². The zero-order valence-corrected chi connectivity index (χ0v) is 16.8. The van der Waals surface area contributed by atoms with Gasteiger partial charge in [0.1, 0.15) is 5.82 Å².